The molecule has 1 aromatic rings. The van der Waals surface area contributed by atoms with Crippen molar-refractivity contribution in [2.24, 2.45) is 15.9 Å². The van der Waals surface area contributed by atoms with Gasteiger partial charge in [0.1, 0.15) is 0 Å². The number of halogens is 1. The lowest BCUT2D eigenvalue weighted by Gasteiger charge is -2.41. The second kappa shape index (κ2) is 7.71. The largest absolute Gasteiger partial charge is 0.375 e. The summed E-state index contributed by atoms with van der Waals surface area (Å²) in [7, 11) is 2.22. The topological polar surface area (TPSA) is 55.8 Å². The van der Waals surface area contributed by atoms with Crippen molar-refractivity contribution in [3.05, 3.63) is 80.9 Å². The number of aromatic amines is 1. The van der Waals surface area contributed by atoms with Gasteiger partial charge in [-0.15, -0.1) is 0 Å². The van der Waals surface area contributed by atoms with E-state index >= 15 is 0 Å². The first-order valence-electron chi connectivity index (χ1n) is 11.3. The number of piperidine rings is 1. The van der Waals surface area contributed by atoms with Crippen molar-refractivity contribution >= 4 is 39.5 Å². The molecule has 1 atom stereocenters. The predicted octanol–water partition coefficient (Wildman–Crippen LogP) is 3.06. The van der Waals surface area contributed by atoms with Gasteiger partial charge in [0.2, 0.25) is 0 Å². The zero-order valence-corrected chi connectivity index (χ0v) is 19.7. The average Bonchev–Trinajstić information content (AvgIpc) is 3.57. The molecule has 0 spiro atoms. The molecule has 1 saturated heterocycles. The second-order valence-corrected chi connectivity index (χ2v) is 10.0. The number of rotatable bonds is 1. The summed E-state index contributed by atoms with van der Waals surface area (Å²) in [5.74, 6) is 0.554. The number of nitrogens with zero attached hydrogens (tertiary/aromatic N) is 3. The van der Waals surface area contributed by atoms with Crippen LogP contribution in [0.15, 0.2) is 80.1 Å². The Labute approximate surface area is 196 Å². The molecule has 5 aliphatic rings. The normalized spacial score (nSPS) is 27.4. The molecule has 2 N–H and O–H groups in total. The Morgan fingerprint density at radius 2 is 1.72 bits per heavy atom. The molecule has 5 aliphatic heterocycles. The van der Waals surface area contributed by atoms with Gasteiger partial charge in [-0.3, -0.25) is 0 Å². The quantitative estimate of drug-likeness (QED) is 0.639. The molecular formula is C26H26BrN5. The van der Waals surface area contributed by atoms with Crippen molar-refractivity contribution in [3.63, 3.8) is 0 Å². The fraction of sp³-hybridized carbons (Fsp3) is 0.308. The van der Waals surface area contributed by atoms with Gasteiger partial charge in [0.15, 0.2) is 0 Å². The predicted molar refractivity (Wildman–Crippen MR) is 135 cm³/mol. The Balaban J connectivity index is 1.48. The zero-order chi connectivity index (χ0) is 21.7. The van der Waals surface area contributed by atoms with Crippen molar-refractivity contribution in [2.45, 2.75) is 24.8 Å². The van der Waals surface area contributed by atoms with Crippen molar-refractivity contribution in [1.82, 2.24) is 15.2 Å². The summed E-state index contributed by atoms with van der Waals surface area (Å²) in [5.41, 5.74) is 4.89. The van der Waals surface area contributed by atoms with E-state index in [0.29, 0.717) is 5.92 Å². The molecule has 6 heteroatoms. The summed E-state index contributed by atoms with van der Waals surface area (Å²) in [6.07, 6.45) is 20.6. The maximum atomic E-state index is 4.93. The van der Waals surface area contributed by atoms with E-state index in [1.165, 1.54) is 12.8 Å². The number of likely N-dealkylation sites (tertiary alicyclic amines) is 1. The van der Waals surface area contributed by atoms with Crippen LogP contribution in [0, 0.1) is 5.92 Å². The lowest BCUT2D eigenvalue weighted by atomic mass is 9.76. The van der Waals surface area contributed by atoms with Crippen LogP contribution in [-0.2, 0) is 0 Å². The van der Waals surface area contributed by atoms with Crippen molar-refractivity contribution in [3.8, 4) is 0 Å². The van der Waals surface area contributed by atoms with Crippen LogP contribution in [0.2, 0.25) is 0 Å². The van der Waals surface area contributed by atoms with Gasteiger partial charge >= 0.3 is 0 Å². The van der Waals surface area contributed by atoms with Gasteiger partial charge in [-0.05, 0) is 116 Å². The maximum absolute atomic E-state index is 4.93. The fourth-order valence-electron chi connectivity index (χ4n) is 5.23. The molecule has 0 radical (unpaired) electrons. The zero-order valence-electron chi connectivity index (χ0n) is 18.1. The highest BCUT2D eigenvalue weighted by Gasteiger charge is 2.42. The van der Waals surface area contributed by atoms with E-state index in [-0.39, 0.29) is 5.54 Å². The lowest BCUT2D eigenvalue weighted by molar-refractivity contribution is 0.161. The Hall–Kier alpha value is -2.70. The first-order chi connectivity index (χ1) is 15.6. The summed E-state index contributed by atoms with van der Waals surface area (Å²) in [6.45, 7) is 2.27. The number of hydrogen-bond donors (Lipinski definition) is 2. The number of allylic oxidation sites excluding steroid dienone is 5. The fourth-order valence-corrected chi connectivity index (χ4v) is 5.71. The highest BCUT2D eigenvalue weighted by atomic mass is 79.9. The Morgan fingerprint density at radius 1 is 1.00 bits per heavy atom. The van der Waals surface area contributed by atoms with E-state index < -0.39 is 0 Å². The average molecular weight is 488 g/mol. The van der Waals surface area contributed by atoms with Crippen LogP contribution in [-0.4, -0.2) is 47.0 Å². The second-order valence-electron chi connectivity index (χ2n) is 9.23. The van der Waals surface area contributed by atoms with Crippen LogP contribution in [0.3, 0.4) is 0 Å². The monoisotopic (exact) mass is 487 g/mol. The standard InChI is InChI=1S/C26H26BrN5/c1-32-12-9-17(10-13-32)26-11-8-24(31-26)25(27)23-7-6-21(30-23)15-19-3-2-18(28-19)14-20-4-5-22(16-26)29-20/h2-8,14-17,28,31H,9-13H2,1H3. The van der Waals surface area contributed by atoms with Crippen molar-refractivity contribution in [2.75, 3.05) is 20.1 Å². The summed E-state index contributed by atoms with van der Waals surface area (Å²) in [4.78, 5) is 15.7. The SMILES string of the molecule is CN1CCC(C23C=C4C=CC(=N4)C=c4ccc([nH]4)=CC4=NC(=C(Br)C(=CC2)N3)C=C4)CC1. The van der Waals surface area contributed by atoms with Crippen LogP contribution in [0.4, 0.5) is 0 Å². The molecule has 1 unspecified atom stereocenters. The molecule has 0 aromatic carbocycles. The Kier molecular flexibility index (Phi) is 4.81. The van der Waals surface area contributed by atoms with Gasteiger partial charge in [-0.1, -0.05) is 6.08 Å². The van der Waals surface area contributed by atoms with Crippen LogP contribution >= 0.6 is 15.9 Å². The molecule has 32 heavy (non-hydrogen) atoms. The molecule has 1 aromatic heterocycles. The van der Waals surface area contributed by atoms with Crippen LogP contribution in [0.1, 0.15) is 19.3 Å². The third-order valence-electron chi connectivity index (χ3n) is 7.01. The van der Waals surface area contributed by atoms with Gasteiger partial charge in [-0.2, -0.15) is 0 Å². The molecular weight excluding hydrogens is 462 g/mol. The van der Waals surface area contributed by atoms with Gasteiger partial charge < -0.3 is 15.2 Å². The lowest BCUT2D eigenvalue weighted by Crippen LogP contribution is -2.50. The van der Waals surface area contributed by atoms with Crippen LogP contribution in [0.25, 0.3) is 12.2 Å². The number of fused-ring (bicyclic) bond motifs is 6. The van der Waals surface area contributed by atoms with Crippen LogP contribution in [0.5, 0.6) is 0 Å². The summed E-state index contributed by atoms with van der Waals surface area (Å²) in [6, 6.07) is 4.16. The third kappa shape index (κ3) is 3.61. The Morgan fingerprint density at radius 3 is 2.50 bits per heavy atom. The minimum Gasteiger partial charge on any atom is -0.375 e. The number of hydrogen-bond acceptors (Lipinski definition) is 4. The van der Waals surface area contributed by atoms with Gasteiger partial charge in [0, 0.05) is 16.4 Å². The minimum absolute atomic E-state index is 0.132. The molecule has 6 rings (SSSR count). The summed E-state index contributed by atoms with van der Waals surface area (Å²) in [5, 5.41) is 5.99. The van der Waals surface area contributed by atoms with Crippen molar-refractivity contribution < 1.29 is 0 Å². The van der Waals surface area contributed by atoms with E-state index in [0.717, 1.165) is 63.2 Å². The highest BCUT2D eigenvalue weighted by Crippen LogP contribution is 2.41. The Bertz CT molecular complexity index is 1310. The molecule has 0 aliphatic carbocycles. The molecule has 1 fully saturated rings. The van der Waals surface area contributed by atoms with E-state index in [4.69, 9.17) is 9.98 Å². The molecule has 162 valence electrons. The minimum atomic E-state index is -0.132. The first kappa shape index (κ1) is 19.9. The van der Waals surface area contributed by atoms with Gasteiger partial charge in [-0.25, -0.2) is 9.98 Å². The third-order valence-corrected chi connectivity index (χ3v) is 7.84. The number of aromatic nitrogens is 1. The van der Waals surface area contributed by atoms with E-state index in [9.17, 15) is 0 Å². The number of aliphatic imine (C=N–C) groups is 2. The number of H-pyrrole nitrogens is 1. The van der Waals surface area contributed by atoms with Crippen molar-refractivity contribution in [1.29, 1.82) is 0 Å². The van der Waals surface area contributed by atoms with E-state index in [1.807, 2.05) is 0 Å². The van der Waals surface area contributed by atoms with Crippen LogP contribution < -0.4 is 16.0 Å². The molecule has 5 nitrogen and oxygen atoms in total. The smallest absolute Gasteiger partial charge is 0.0800 e. The number of nitrogens with one attached hydrogen (secondary N) is 2. The van der Waals surface area contributed by atoms with Gasteiger partial charge in [0.05, 0.1) is 32.8 Å². The maximum Gasteiger partial charge on any atom is 0.0800 e. The summed E-state index contributed by atoms with van der Waals surface area (Å²) >= 11 is 3.85. The molecule has 0 amide bonds. The highest BCUT2D eigenvalue weighted by molar-refractivity contribution is 9.12. The van der Waals surface area contributed by atoms with Gasteiger partial charge in [0.25, 0.3) is 0 Å². The molecule has 8 bridgehead atoms. The first-order valence-corrected chi connectivity index (χ1v) is 12.1. The summed E-state index contributed by atoms with van der Waals surface area (Å²) < 4.78 is 1.02. The molecule has 6 heterocycles. The van der Waals surface area contributed by atoms with E-state index in [1.54, 1.807) is 0 Å². The van der Waals surface area contributed by atoms with E-state index in [2.05, 4.69) is 98.9 Å². The molecule has 0 saturated carbocycles.